The van der Waals surface area contributed by atoms with Crippen molar-refractivity contribution in [2.45, 2.75) is 17.2 Å². The molecule has 0 saturated carbocycles. The lowest BCUT2D eigenvalue weighted by atomic mass is 10.1. The van der Waals surface area contributed by atoms with Crippen LogP contribution in [0.4, 0.5) is 0 Å². The molecular weight excluding hydrogens is 244 g/mol. The Balaban J connectivity index is 2.06. The number of rotatable bonds is 5. The summed E-state index contributed by atoms with van der Waals surface area (Å²) >= 11 is 1.78. The number of nitrogens with zero attached hydrogens (tertiary/aromatic N) is 1. The minimum atomic E-state index is 0.501. The number of methoxy groups -OCH3 is 1. The van der Waals surface area contributed by atoms with Crippen LogP contribution in [0.2, 0.25) is 0 Å². The van der Waals surface area contributed by atoms with Gasteiger partial charge in [-0.1, -0.05) is 12.1 Å². The maximum absolute atomic E-state index is 5.65. The SMILES string of the molecule is COc1cc(CSc2ccncc2)ccc1CN. The molecule has 0 radical (unpaired) electrons. The summed E-state index contributed by atoms with van der Waals surface area (Å²) in [6.07, 6.45) is 3.61. The highest BCUT2D eigenvalue weighted by Gasteiger charge is 2.03. The van der Waals surface area contributed by atoms with E-state index in [1.165, 1.54) is 10.5 Å². The van der Waals surface area contributed by atoms with Crippen molar-refractivity contribution in [1.82, 2.24) is 4.98 Å². The van der Waals surface area contributed by atoms with Crippen LogP contribution in [0.15, 0.2) is 47.6 Å². The molecule has 0 aliphatic rings. The van der Waals surface area contributed by atoms with Crippen LogP contribution in [0.25, 0.3) is 0 Å². The number of hydrogen-bond acceptors (Lipinski definition) is 4. The quantitative estimate of drug-likeness (QED) is 0.840. The van der Waals surface area contributed by atoms with Crippen molar-refractivity contribution in [1.29, 1.82) is 0 Å². The standard InChI is InChI=1S/C14H16N2OS/c1-17-14-8-11(2-3-12(14)9-15)10-18-13-4-6-16-7-5-13/h2-8H,9-10,15H2,1H3. The van der Waals surface area contributed by atoms with Gasteiger partial charge in [0.1, 0.15) is 5.75 Å². The largest absolute Gasteiger partial charge is 0.496 e. The smallest absolute Gasteiger partial charge is 0.123 e. The van der Waals surface area contributed by atoms with E-state index in [1.54, 1.807) is 31.3 Å². The first kappa shape index (κ1) is 12.9. The molecule has 2 rings (SSSR count). The Kier molecular flexibility index (Phi) is 4.61. The summed E-state index contributed by atoms with van der Waals surface area (Å²) in [4.78, 5) is 5.22. The molecule has 4 heteroatoms. The van der Waals surface area contributed by atoms with Crippen molar-refractivity contribution < 1.29 is 4.74 Å². The first-order valence-corrected chi connectivity index (χ1v) is 6.70. The van der Waals surface area contributed by atoms with E-state index in [2.05, 4.69) is 17.1 Å². The number of thioether (sulfide) groups is 1. The molecule has 2 N–H and O–H groups in total. The Morgan fingerprint density at radius 2 is 2.00 bits per heavy atom. The zero-order chi connectivity index (χ0) is 12.8. The number of aromatic nitrogens is 1. The highest BCUT2D eigenvalue weighted by atomic mass is 32.2. The number of pyridine rings is 1. The van der Waals surface area contributed by atoms with E-state index in [9.17, 15) is 0 Å². The molecule has 3 nitrogen and oxygen atoms in total. The topological polar surface area (TPSA) is 48.1 Å². The summed E-state index contributed by atoms with van der Waals surface area (Å²) in [5, 5.41) is 0. The van der Waals surface area contributed by atoms with Gasteiger partial charge in [0.15, 0.2) is 0 Å². The van der Waals surface area contributed by atoms with E-state index in [0.29, 0.717) is 6.54 Å². The molecule has 18 heavy (non-hydrogen) atoms. The fraction of sp³-hybridized carbons (Fsp3) is 0.214. The van der Waals surface area contributed by atoms with E-state index in [1.807, 2.05) is 18.2 Å². The van der Waals surface area contributed by atoms with Crippen LogP contribution in [-0.4, -0.2) is 12.1 Å². The van der Waals surface area contributed by atoms with Crippen LogP contribution < -0.4 is 10.5 Å². The van der Waals surface area contributed by atoms with Gasteiger partial charge in [-0.2, -0.15) is 0 Å². The monoisotopic (exact) mass is 260 g/mol. The van der Waals surface area contributed by atoms with Crippen LogP contribution in [0, 0.1) is 0 Å². The minimum Gasteiger partial charge on any atom is -0.496 e. The lowest BCUT2D eigenvalue weighted by molar-refractivity contribution is 0.409. The number of ether oxygens (including phenoxy) is 1. The van der Waals surface area contributed by atoms with Gasteiger partial charge < -0.3 is 10.5 Å². The maximum atomic E-state index is 5.65. The number of hydrogen-bond donors (Lipinski definition) is 1. The van der Waals surface area contributed by atoms with Crippen LogP contribution in [0.3, 0.4) is 0 Å². The Labute approximate surface area is 111 Å². The summed E-state index contributed by atoms with van der Waals surface area (Å²) in [7, 11) is 1.67. The van der Waals surface area contributed by atoms with Crippen molar-refractivity contribution in [3.8, 4) is 5.75 Å². The van der Waals surface area contributed by atoms with E-state index >= 15 is 0 Å². The number of benzene rings is 1. The Morgan fingerprint density at radius 3 is 2.67 bits per heavy atom. The summed E-state index contributed by atoms with van der Waals surface area (Å²) in [6, 6.07) is 10.2. The third kappa shape index (κ3) is 3.24. The van der Waals surface area contributed by atoms with E-state index in [0.717, 1.165) is 17.1 Å². The molecule has 0 spiro atoms. The van der Waals surface area contributed by atoms with Gasteiger partial charge in [0.05, 0.1) is 7.11 Å². The van der Waals surface area contributed by atoms with Crippen LogP contribution in [0.1, 0.15) is 11.1 Å². The third-order valence-corrected chi connectivity index (χ3v) is 3.71. The summed E-state index contributed by atoms with van der Waals surface area (Å²) < 4.78 is 5.33. The Morgan fingerprint density at radius 1 is 1.22 bits per heavy atom. The van der Waals surface area contributed by atoms with Crippen molar-refractivity contribution in [3.05, 3.63) is 53.9 Å². The van der Waals surface area contributed by atoms with Crippen molar-refractivity contribution in [2.24, 2.45) is 5.73 Å². The minimum absolute atomic E-state index is 0.501. The van der Waals surface area contributed by atoms with Crippen LogP contribution in [0.5, 0.6) is 5.75 Å². The molecular formula is C14H16N2OS. The lowest BCUT2D eigenvalue weighted by Gasteiger charge is -2.09. The zero-order valence-corrected chi connectivity index (χ0v) is 11.1. The van der Waals surface area contributed by atoms with E-state index in [-0.39, 0.29) is 0 Å². The second kappa shape index (κ2) is 6.42. The van der Waals surface area contributed by atoms with Crippen molar-refractivity contribution >= 4 is 11.8 Å². The third-order valence-electron chi connectivity index (χ3n) is 2.63. The molecule has 0 aliphatic heterocycles. The predicted octanol–water partition coefficient (Wildman–Crippen LogP) is 2.84. The Hall–Kier alpha value is -1.52. The summed E-state index contributed by atoms with van der Waals surface area (Å²) in [6.45, 7) is 0.501. The highest BCUT2D eigenvalue weighted by Crippen LogP contribution is 2.26. The molecule has 1 heterocycles. The molecule has 94 valence electrons. The van der Waals surface area contributed by atoms with Gasteiger partial charge in [-0.05, 0) is 23.8 Å². The van der Waals surface area contributed by atoms with Gasteiger partial charge in [0, 0.05) is 35.2 Å². The van der Waals surface area contributed by atoms with E-state index < -0.39 is 0 Å². The average Bonchev–Trinajstić information content (AvgIpc) is 2.45. The van der Waals surface area contributed by atoms with Gasteiger partial charge in [-0.3, -0.25) is 4.98 Å². The molecule has 0 unspecified atom stereocenters. The average molecular weight is 260 g/mol. The van der Waals surface area contributed by atoms with Gasteiger partial charge in [0.25, 0.3) is 0 Å². The fourth-order valence-corrected chi connectivity index (χ4v) is 2.48. The highest BCUT2D eigenvalue weighted by molar-refractivity contribution is 7.98. The molecule has 2 aromatic rings. The van der Waals surface area contributed by atoms with E-state index in [4.69, 9.17) is 10.5 Å². The van der Waals surface area contributed by atoms with Gasteiger partial charge in [-0.25, -0.2) is 0 Å². The van der Waals surface area contributed by atoms with Crippen LogP contribution in [-0.2, 0) is 12.3 Å². The summed E-state index contributed by atoms with van der Waals surface area (Å²) in [5.41, 5.74) is 7.91. The van der Waals surface area contributed by atoms with Gasteiger partial charge in [-0.15, -0.1) is 11.8 Å². The van der Waals surface area contributed by atoms with Crippen molar-refractivity contribution in [2.75, 3.05) is 7.11 Å². The molecule has 0 bridgehead atoms. The fourth-order valence-electron chi connectivity index (χ4n) is 1.65. The molecule has 0 amide bonds. The molecule has 1 aromatic heterocycles. The molecule has 0 saturated heterocycles. The first-order chi connectivity index (χ1) is 8.83. The molecule has 0 atom stereocenters. The zero-order valence-electron chi connectivity index (χ0n) is 10.3. The lowest BCUT2D eigenvalue weighted by Crippen LogP contribution is -2.00. The second-order valence-electron chi connectivity index (χ2n) is 3.82. The van der Waals surface area contributed by atoms with Gasteiger partial charge in [0.2, 0.25) is 0 Å². The Bertz CT molecular complexity index is 502. The maximum Gasteiger partial charge on any atom is 0.123 e. The first-order valence-electron chi connectivity index (χ1n) is 5.72. The van der Waals surface area contributed by atoms with Crippen molar-refractivity contribution in [3.63, 3.8) is 0 Å². The van der Waals surface area contributed by atoms with Crippen LogP contribution >= 0.6 is 11.8 Å². The second-order valence-corrected chi connectivity index (χ2v) is 4.87. The molecule has 1 aromatic carbocycles. The molecule has 0 fully saturated rings. The predicted molar refractivity (Wildman–Crippen MR) is 74.7 cm³/mol. The normalized spacial score (nSPS) is 10.3. The summed E-state index contributed by atoms with van der Waals surface area (Å²) in [5.74, 6) is 1.77. The molecule has 0 aliphatic carbocycles. The number of nitrogens with two attached hydrogens (primary N) is 1. The van der Waals surface area contributed by atoms with Gasteiger partial charge >= 0.3 is 0 Å².